The summed E-state index contributed by atoms with van der Waals surface area (Å²) >= 11 is 0. The SMILES string of the molecule is NCc1cccc(NCCC2CCCCC2)c1. The maximum atomic E-state index is 5.64. The van der Waals surface area contributed by atoms with Crippen LogP contribution in [0.15, 0.2) is 24.3 Å². The summed E-state index contributed by atoms with van der Waals surface area (Å²) in [4.78, 5) is 0. The molecule has 94 valence electrons. The molecule has 3 N–H and O–H groups in total. The van der Waals surface area contributed by atoms with Gasteiger partial charge >= 0.3 is 0 Å². The fourth-order valence-electron chi connectivity index (χ4n) is 2.70. The Balaban J connectivity index is 1.73. The Kier molecular flexibility index (Phi) is 4.87. The van der Waals surface area contributed by atoms with Gasteiger partial charge in [0.25, 0.3) is 0 Å². The molecule has 1 aliphatic rings. The van der Waals surface area contributed by atoms with E-state index in [1.165, 1.54) is 49.8 Å². The maximum Gasteiger partial charge on any atom is 0.0343 e. The highest BCUT2D eigenvalue weighted by molar-refractivity contribution is 5.45. The van der Waals surface area contributed by atoms with Gasteiger partial charge in [0.1, 0.15) is 0 Å². The molecule has 1 fully saturated rings. The highest BCUT2D eigenvalue weighted by Gasteiger charge is 2.12. The number of rotatable bonds is 5. The van der Waals surface area contributed by atoms with Crippen molar-refractivity contribution in [1.29, 1.82) is 0 Å². The van der Waals surface area contributed by atoms with Crippen molar-refractivity contribution in [2.45, 2.75) is 45.1 Å². The zero-order valence-electron chi connectivity index (χ0n) is 10.6. The van der Waals surface area contributed by atoms with Crippen LogP contribution in [-0.4, -0.2) is 6.54 Å². The fraction of sp³-hybridized carbons (Fsp3) is 0.600. The standard InChI is InChI=1S/C15H24N2/c16-12-14-7-4-8-15(11-14)17-10-9-13-5-2-1-3-6-13/h4,7-8,11,13,17H,1-3,5-6,9-10,12,16H2. The summed E-state index contributed by atoms with van der Waals surface area (Å²) in [5.41, 5.74) is 8.05. The van der Waals surface area contributed by atoms with E-state index in [0.717, 1.165) is 12.5 Å². The number of hydrogen-bond acceptors (Lipinski definition) is 2. The van der Waals surface area contributed by atoms with Crippen LogP contribution < -0.4 is 11.1 Å². The zero-order chi connectivity index (χ0) is 11.9. The second kappa shape index (κ2) is 6.65. The van der Waals surface area contributed by atoms with Crippen LogP contribution in [0, 0.1) is 5.92 Å². The topological polar surface area (TPSA) is 38.0 Å². The van der Waals surface area contributed by atoms with E-state index in [2.05, 4.69) is 29.6 Å². The van der Waals surface area contributed by atoms with E-state index >= 15 is 0 Å². The highest BCUT2D eigenvalue weighted by atomic mass is 14.9. The largest absolute Gasteiger partial charge is 0.385 e. The fourth-order valence-corrected chi connectivity index (χ4v) is 2.70. The van der Waals surface area contributed by atoms with Crippen LogP contribution >= 0.6 is 0 Å². The molecule has 1 aromatic rings. The average molecular weight is 232 g/mol. The van der Waals surface area contributed by atoms with E-state index in [9.17, 15) is 0 Å². The summed E-state index contributed by atoms with van der Waals surface area (Å²) in [6, 6.07) is 8.43. The molecule has 17 heavy (non-hydrogen) atoms. The smallest absolute Gasteiger partial charge is 0.0343 e. The molecule has 1 aliphatic carbocycles. The van der Waals surface area contributed by atoms with Gasteiger partial charge < -0.3 is 11.1 Å². The second-order valence-corrected chi connectivity index (χ2v) is 5.12. The molecule has 0 spiro atoms. The number of anilines is 1. The average Bonchev–Trinajstić information content (AvgIpc) is 2.40. The normalized spacial score (nSPS) is 17.0. The summed E-state index contributed by atoms with van der Waals surface area (Å²) in [5.74, 6) is 0.953. The molecule has 0 aliphatic heterocycles. The maximum absolute atomic E-state index is 5.64. The van der Waals surface area contributed by atoms with Crippen molar-refractivity contribution in [2.75, 3.05) is 11.9 Å². The summed E-state index contributed by atoms with van der Waals surface area (Å²) < 4.78 is 0. The van der Waals surface area contributed by atoms with Crippen LogP contribution in [0.5, 0.6) is 0 Å². The third-order valence-corrected chi connectivity index (χ3v) is 3.77. The van der Waals surface area contributed by atoms with Gasteiger partial charge in [-0.2, -0.15) is 0 Å². The van der Waals surface area contributed by atoms with Crippen LogP contribution in [-0.2, 0) is 6.54 Å². The Labute approximate surface area is 105 Å². The lowest BCUT2D eigenvalue weighted by atomic mass is 9.87. The number of benzene rings is 1. The van der Waals surface area contributed by atoms with Crippen molar-refractivity contribution in [3.63, 3.8) is 0 Å². The summed E-state index contributed by atoms with van der Waals surface area (Å²) in [6.45, 7) is 1.72. The number of nitrogens with two attached hydrogens (primary N) is 1. The number of hydrogen-bond donors (Lipinski definition) is 2. The quantitative estimate of drug-likeness (QED) is 0.815. The van der Waals surface area contributed by atoms with Gasteiger partial charge in [0.15, 0.2) is 0 Å². The molecule has 0 atom stereocenters. The van der Waals surface area contributed by atoms with Crippen LogP contribution in [0.2, 0.25) is 0 Å². The Morgan fingerprint density at radius 1 is 1.18 bits per heavy atom. The van der Waals surface area contributed by atoms with Gasteiger partial charge in [0.2, 0.25) is 0 Å². The van der Waals surface area contributed by atoms with E-state index in [1.807, 2.05) is 0 Å². The van der Waals surface area contributed by atoms with Crippen molar-refractivity contribution in [3.05, 3.63) is 29.8 Å². The molecule has 0 saturated heterocycles. The van der Waals surface area contributed by atoms with Gasteiger partial charge in [-0.15, -0.1) is 0 Å². The molecule has 1 aromatic carbocycles. The molecule has 2 rings (SSSR count). The first-order valence-corrected chi connectivity index (χ1v) is 6.91. The van der Waals surface area contributed by atoms with Gasteiger partial charge in [0, 0.05) is 18.8 Å². The van der Waals surface area contributed by atoms with Crippen LogP contribution in [0.3, 0.4) is 0 Å². The molecule has 0 unspecified atom stereocenters. The van der Waals surface area contributed by atoms with E-state index < -0.39 is 0 Å². The first-order valence-electron chi connectivity index (χ1n) is 6.91. The van der Waals surface area contributed by atoms with Crippen molar-refractivity contribution >= 4 is 5.69 Å². The third kappa shape index (κ3) is 4.04. The van der Waals surface area contributed by atoms with Crippen LogP contribution in [0.4, 0.5) is 5.69 Å². The van der Waals surface area contributed by atoms with Gasteiger partial charge in [-0.25, -0.2) is 0 Å². The minimum absolute atomic E-state index is 0.623. The van der Waals surface area contributed by atoms with Crippen molar-refractivity contribution in [3.8, 4) is 0 Å². The summed E-state index contributed by atoms with van der Waals surface area (Å²) in [5, 5.41) is 3.51. The number of nitrogens with one attached hydrogen (secondary N) is 1. The molecule has 0 aromatic heterocycles. The van der Waals surface area contributed by atoms with Crippen molar-refractivity contribution in [1.82, 2.24) is 0 Å². The molecule has 2 heteroatoms. The summed E-state index contributed by atoms with van der Waals surface area (Å²) in [7, 11) is 0. The summed E-state index contributed by atoms with van der Waals surface area (Å²) in [6.07, 6.45) is 8.50. The third-order valence-electron chi connectivity index (χ3n) is 3.77. The molecular weight excluding hydrogens is 208 g/mol. The van der Waals surface area contributed by atoms with Gasteiger partial charge in [-0.1, -0.05) is 44.2 Å². The highest BCUT2D eigenvalue weighted by Crippen LogP contribution is 2.26. The van der Waals surface area contributed by atoms with Gasteiger partial charge in [0.05, 0.1) is 0 Å². The Morgan fingerprint density at radius 2 is 2.00 bits per heavy atom. The van der Waals surface area contributed by atoms with E-state index in [0.29, 0.717) is 6.54 Å². The monoisotopic (exact) mass is 232 g/mol. The Bertz CT molecular complexity index is 329. The molecular formula is C15H24N2. The van der Waals surface area contributed by atoms with Gasteiger partial charge in [-0.3, -0.25) is 0 Å². The molecule has 0 heterocycles. The lowest BCUT2D eigenvalue weighted by molar-refractivity contribution is 0.345. The minimum atomic E-state index is 0.623. The van der Waals surface area contributed by atoms with E-state index in [-0.39, 0.29) is 0 Å². The predicted molar refractivity (Wildman–Crippen MR) is 74.0 cm³/mol. The predicted octanol–water partition coefficient (Wildman–Crippen LogP) is 3.53. The van der Waals surface area contributed by atoms with E-state index in [1.54, 1.807) is 0 Å². The second-order valence-electron chi connectivity index (χ2n) is 5.12. The lowest BCUT2D eigenvalue weighted by Gasteiger charge is -2.21. The first kappa shape index (κ1) is 12.4. The Hall–Kier alpha value is -1.02. The van der Waals surface area contributed by atoms with Crippen molar-refractivity contribution in [2.24, 2.45) is 11.7 Å². The minimum Gasteiger partial charge on any atom is -0.385 e. The molecule has 2 nitrogen and oxygen atoms in total. The first-order chi connectivity index (χ1) is 8.38. The lowest BCUT2D eigenvalue weighted by Crippen LogP contribution is -2.12. The zero-order valence-corrected chi connectivity index (χ0v) is 10.6. The van der Waals surface area contributed by atoms with Crippen LogP contribution in [0.1, 0.15) is 44.1 Å². The van der Waals surface area contributed by atoms with Crippen LogP contribution in [0.25, 0.3) is 0 Å². The van der Waals surface area contributed by atoms with Crippen molar-refractivity contribution < 1.29 is 0 Å². The molecule has 0 bridgehead atoms. The van der Waals surface area contributed by atoms with E-state index in [4.69, 9.17) is 5.73 Å². The Morgan fingerprint density at radius 3 is 2.76 bits per heavy atom. The van der Waals surface area contributed by atoms with Gasteiger partial charge in [-0.05, 0) is 30.0 Å². The molecule has 0 radical (unpaired) electrons. The molecule has 1 saturated carbocycles. The molecule has 0 amide bonds.